The highest BCUT2D eigenvalue weighted by Crippen LogP contribution is 2.22. The Labute approximate surface area is 127 Å². The molecule has 0 aliphatic carbocycles. The monoisotopic (exact) mass is 290 g/mol. The number of hydrogen-bond donors (Lipinski definition) is 0. The zero-order valence-electron chi connectivity index (χ0n) is 12.8. The fourth-order valence-corrected chi connectivity index (χ4v) is 3.57. The number of furan rings is 1. The SMILES string of the molecule is O=C(C1CCCN(Cc2ccco2)C1)N1CCCCCC1. The van der Waals surface area contributed by atoms with Crippen LogP contribution in [0.5, 0.6) is 0 Å². The number of carbonyl (C=O) groups is 1. The lowest BCUT2D eigenvalue weighted by atomic mass is 9.96. The molecule has 4 nitrogen and oxygen atoms in total. The van der Waals surface area contributed by atoms with Crippen molar-refractivity contribution in [3.8, 4) is 0 Å². The van der Waals surface area contributed by atoms with Crippen LogP contribution in [-0.4, -0.2) is 41.9 Å². The van der Waals surface area contributed by atoms with Crippen LogP contribution in [-0.2, 0) is 11.3 Å². The average Bonchev–Trinajstić information content (AvgIpc) is 2.87. The van der Waals surface area contributed by atoms with E-state index in [9.17, 15) is 4.79 Å². The van der Waals surface area contributed by atoms with E-state index in [1.807, 2.05) is 12.1 Å². The Morgan fingerprint density at radius 3 is 2.67 bits per heavy atom. The second-order valence-electron chi connectivity index (χ2n) is 6.39. The van der Waals surface area contributed by atoms with Gasteiger partial charge in [0, 0.05) is 19.6 Å². The molecule has 2 aliphatic heterocycles. The highest BCUT2D eigenvalue weighted by Gasteiger charge is 2.29. The zero-order valence-corrected chi connectivity index (χ0v) is 12.8. The summed E-state index contributed by atoms with van der Waals surface area (Å²) in [6.45, 7) is 4.72. The second-order valence-corrected chi connectivity index (χ2v) is 6.39. The number of carbonyl (C=O) groups excluding carboxylic acids is 1. The Morgan fingerprint density at radius 2 is 1.95 bits per heavy atom. The molecule has 0 radical (unpaired) electrons. The molecule has 0 N–H and O–H groups in total. The highest BCUT2D eigenvalue weighted by atomic mass is 16.3. The van der Waals surface area contributed by atoms with Gasteiger partial charge in [0.15, 0.2) is 0 Å². The van der Waals surface area contributed by atoms with Gasteiger partial charge >= 0.3 is 0 Å². The van der Waals surface area contributed by atoms with E-state index in [2.05, 4.69) is 9.80 Å². The van der Waals surface area contributed by atoms with E-state index in [4.69, 9.17) is 4.42 Å². The molecule has 3 rings (SSSR count). The molecule has 21 heavy (non-hydrogen) atoms. The minimum absolute atomic E-state index is 0.187. The molecule has 0 spiro atoms. The van der Waals surface area contributed by atoms with Crippen molar-refractivity contribution < 1.29 is 9.21 Å². The van der Waals surface area contributed by atoms with E-state index >= 15 is 0 Å². The lowest BCUT2D eigenvalue weighted by Gasteiger charge is -2.34. The quantitative estimate of drug-likeness (QED) is 0.859. The summed E-state index contributed by atoms with van der Waals surface area (Å²) in [5.74, 6) is 1.57. The summed E-state index contributed by atoms with van der Waals surface area (Å²) >= 11 is 0. The number of amides is 1. The van der Waals surface area contributed by atoms with Gasteiger partial charge in [-0.25, -0.2) is 0 Å². The van der Waals surface area contributed by atoms with Gasteiger partial charge in [0.05, 0.1) is 18.7 Å². The van der Waals surface area contributed by atoms with Crippen LogP contribution in [0.1, 0.15) is 44.3 Å². The molecule has 1 unspecified atom stereocenters. The maximum absolute atomic E-state index is 12.7. The summed E-state index contributed by atoms with van der Waals surface area (Å²) in [6.07, 6.45) is 8.79. The van der Waals surface area contributed by atoms with Crippen molar-refractivity contribution in [1.82, 2.24) is 9.80 Å². The van der Waals surface area contributed by atoms with Gasteiger partial charge in [0.1, 0.15) is 5.76 Å². The van der Waals surface area contributed by atoms with Gasteiger partial charge < -0.3 is 9.32 Å². The average molecular weight is 290 g/mol. The third kappa shape index (κ3) is 3.88. The van der Waals surface area contributed by atoms with E-state index in [0.29, 0.717) is 5.91 Å². The predicted molar refractivity (Wildman–Crippen MR) is 81.8 cm³/mol. The normalized spacial score (nSPS) is 24.8. The summed E-state index contributed by atoms with van der Waals surface area (Å²) in [4.78, 5) is 17.2. The molecule has 116 valence electrons. The number of nitrogens with zero attached hydrogens (tertiary/aromatic N) is 2. The van der Waals surface area contributed by atoms with E-state index in [0.717, 1.165) is 51.3 Å². The zero-order chi connectivity index (χ0) is 14.5. The molecule has 0 saturated carbocycles. The Balaban J connectivity index is 1.55. The lowest BCUT2D eigenvalue weighted by molar-refractivity contribution is -0.137. The van der Waals surface area contributed by atoms with E-state index < -0.39 is 0 Å². The first-order chi connectivity index (χ1) is 10.3. The van der Waals surface area contributed by atoms with Crippen LogP contribution in [0.2, 0.25) is 0 Å². The van der Waals surface area contributed by atoms with E-state index in [1.165, 1.54) is 25.7 Å². The Bertz CT molecular complexity index is 436. The number of likely N-dealkylation sites (tertiary alicyclic amines) is 2. The molecule has 0 aromatic carbocycles. The molecule has 4 heteroatoms. The fraction of sp³-hybridized carbons (Fsp3) is 0.706. The standard InChI is InChI=1S/C17H26N2O2/c20-17(19-10-3-1-2-4-11-19)15-7-5-9-18(13-15)14-16-8-6-12-21-16/h6,8,12,15H,1-5,7,9-11,13-14H2. The smallest absolute Gasteiger partial charge is 0.226 e. The molecular formula is C17H26N2O2. The largest absolute Gasteiger partial charge is 0.468 e. The summed E-state index contributed by atoms with van der Waals surface area (Å²) in [5, 5.41) is 0. The minimum Gasteiger partial charge on any atom is -0.468 e. The van der Waals surface area contributed by atoms with Gasteiger partial charge in [0.2, 0.25) is 5.91 Å². The van der Waals surface area contributed by atoms with Crippen molar-refractivity contribution in [2.24, 2.45) is 5.92 Å². The molecule has 1 atom stereocenters. The van der Waals surface area contributed by atoms with Gasteiger partial charge in [-0.3, -0.25) is 9.69 Å². The summed E-state index contributed by atoms with van der Waals surface area (Å²) in [6, 6.07) is 3.94. The maximum Gasteiger partial charge on any atom is 0.226 e. The third-order valence-corrected chi connectivity index (χ3v) is 4.73. The number of hydrogen-bond acceptors (Lipinski definition) is 3. The van der Waals surface area contributed by atoms with Gasteiger partial charge in [-0.1, -0.05) is 12.8 Å². The van der Waals surface area contributed by atoms with Gasteiger partial charge in [-0.05, 0) is 44.4 Å². The maximum atomic E-state index is 12.7. The van der Waals surface area contributed by atoms with Crippen LogP contribution < -0.4 is 0 Å². The topological polar surface area (TPSA) is 36.7 Å². The summed E-state index contributed by atoms with van der Waals surface area (Å²) in [5.41, 5.74) is 0. The minimum atomic E-state index is 0.187. The van der Waals surface area contributed by atoms with Crippen molar-refractivity contribution in [3.63, 3.8) is 0 Å². The van der Waals surface area contributed by atoms with Crippen LogP contribution in [0.25, 0.3) is 0 Å². The highest BCUT2D eigenvalue weighted by molar-refractivity contribution is 5.79. The molecular weight excluding hydrogens is 264 g/mol. The first kappa shape index (κ1) is 14.6. The van der Waals surface area contributed by atoms with Crippen LogP contribution in [0, 0.1) is 5.92 Å². The van der Waals surface area contributed by atoms with E-state index in [-0.39, 0.29) is 5.92 Å². The van der Waals surface area contributed by atoms with Crippen LogP contribution in [0.3, 0.4) is 0 Å². The first-order valence-corrected chi connectivity index (χ1v) is 8.36. The summed E-state index contributed by atoms with van der Waals surface area (Å²) in [7, 11) is 0. The lowest BCUT2D eigenvalue weighted by Crippen LogP contribution is -2.44. The molecule has 1 aromatic heterocycles. The van der Waals surface area contributed by atoms with Crippen molar-refractivity contribution in [2.75, 3.05) is 26.2 Å². The Hall–Kier alpha value is -1.29. The molecule has 1 aromatic rings. The van der Waals surface area contributed by atoms with Gasteiger partial charge in [-0.15, -0.1) is 0 Å². The third-order valence-electron chi connectivity index (χ3n) is 4.73. The number of piperidine rings is 1. The van der Waals surface area contributed by atoms with Crippen molar-refractivity contribution in [2.45, 2.75) is 45.1 Å². The van der Waals surface area contributed by atoms with Crippen LogP contribution in [0.15, 0.2) is 22.8 Å². The molecule has 3 heterocycles. The predicted octanol–water partition coefficient (Wildman–Crippen LogP) is 2.89. The molecule has 1 amide bonds. The van der Waals surface area contributed by atoms with Gasteiger partial charge in [-0.2, -0.15) is 0 Å². The summed E-state index contributed by atoms with van der Waals surface area (Å²) < 4.78 is 5.43. The van der Waals surface area contributed by atoms with Crippen LogP contribution >= 0.6 is 0 Å². The molecule has 0 bridgehead atoms. The fourth-order valence-electron chi connectivity index (χ4n) is 3.57. The van der Waals surface area contributed by atoms with Crippen molar-refractivity contribution in [3.05, 3.63) is 24.2 Å². The Morgan fingerprint density at radius 1 is 1.14 bits per heavy atom. The van der Waals surface area contributed by atoms with Gasteiger partial charge in [0.25, 0.3) is 0 Å². The van der Waals surface area contributed by atoms with Crippen molar-refractivity contribution >= 4 is 5.91 Å². The first-order valence-electron chi connectivity index (χ1n) is 8.36. The Kier molecular flexibility index (Phi) is 4.96. The molecule has 2 aliphatic rings. The molecule has 2 saturated heterocycles. The van der Waals surface area contributed by atoms with Crippen LogP contribution in [0.4, 0.5) is 0 Å². The molecule has 2 fully saturated rings. The van der Waals surface area contributed by atoms with Crippen molar-refractivity contribution in [1.29, 1.82) is 0 Å². The number of rotatable bonds is 3. The second kappa shape index (κ2) is 7.12. The van der Waals surface area contributed by atoms with E-state index in [1.54, 1.807) is 6.26 Å².